The van der Waals surface area contributed by atoms with Crippen molar-refractivity contribution in [3.8, 4) is 5.75 Å². The van der Waals surface area contributed by atoms with E-state index in [1.807, 2.05) is 11.5 Å². The fourth-order valence-corrected chi connectivity index (χ4v) is 3.20. The van der Waals surface area contributed by atoms with E-state index in [0.717, 1.165) is 23.6 Å². The third-order valence-electron chi connectivity index (χ3n) is 4.61. The average molecular weight is 421 g/mol. The Bertz CT molecular complexity index is 864. The molecule has 0 aromatic heterocycles. The van der Waals surface area contributed by atoms with Gasteiger partial charge in [-0.25, -0.2) is 14.3 Å². The Morgan fingerprint density at radius 2 is 1.97 bits per heavy atom. The van der Waals surface area contributed by atoms with Gasteiger partial charge >= 0.3 is 0 Å². The summed E-state index contributed by atoms with van der Waals surface area (Å²) >= 11 is 0. The summed E-state index contributed by atoms with van der Waals surface area (Å²) in [6.07, 6.45) is 2.25. The van der Waals surface area contributed by atoms with E-state index in [1.54, 1.807) is 23.1 Å². The molecule has 1 heterocycles. The minimum Gasteiger partial charge on any atom is -0.492 e. The highest BCUT2D eigenvalue weighted by molar-refractivity contribution is 5.96. The molecule has 0 unspecified atom stereocenters. The first-order chi connectivity index (χ1) is 14.5. The normalized spacial score (nSPS) is 12.6. The molecule has 0 fully saturated rings. The lowest BCUT2D eigenvalue weighted by Crippen LogP contribution is -2.38. The van der Waals surface area contributed by atoms with Crippen LogP contribution in [-0.2, 0) is 17.6 Å². The molecule has 2 aromatic rings. The second-order valence-electron chi connectivity index (χ2n) is 6.61. The van der Waals surface area contributed by atoms with E-state index in [-0.39, 0.29) is 12.3 Å². The minimum absolute atomic E-state index is 0.0230. The van der Waals surface area contributed by atoms with E-state index in [4.69, 9.17) is 14.7 Å². The zero-order valence-electron chi connectivity index (χ0n) is 16.4. The number of primary amides is 1. The maximum Gasteiger partial charge on any atom is 0.254 e. The average Bonchev–Trinajstić information content (AvgIpc) is 2.73. The number of carbonyl (C=O) groups excluding carboxylic acids is 2. The van der Waals surface area contributed by atoms with Crippen molar-refractivity contribution < 1.29 is 28.3 Å². The van der Waals surface area contributed by atoms with Gasteiger partial charge in [-0.15, -0.1) is 0 Å². The quantitative estimate of drug-likeness (QED) is 0.344. The van der Waals surface area contributed by atoms with Crippen LogP contribution in [0.4, 0.5) is 8.78 Å². The molecular formula is C21H25F2N3O4. The van der Waals surface area contributed by atoms with E-state index in [0.29, 0.717) is 50.4 Å². The first-order valence-electron chi connectivity index (χ1n) is 9.51. The molecule has 0 aliphatic carbocycles. The SMILES string of the molecule is NC=O.O=C1c2ccc(OCCNO)cc2CCN1CCCc1ccc(F)c(F)c1. The molecule has 9 heteroatoms. The molecule has 1 aliphatic rings. The Hall–Kier alpha value is -3.04. The molecule has 0 atom stereocenters. The Labute approximate surface area is 173 Å². The van der Waals surface area contributed by atoms with Crippen LogP contribution < -0.4 is 16.0 Å². The second kappa shape index (κ2) is 11.8. The number of hydrogen-bond donors (Lipinski definition) is 3. The molecule has 0 spiro atoms. The van der Waals surface area contributed by atoms with Crippen LogP contribution >= 0.6 is 0 Å². The van der Waals surface area contributed by atoms with Gasteiger partial charge in [0.1, 0.15) is 12.4 Å². The van der Waals surface area contributed by atoms with Crippen LogP contribution in [0, 0.1) is 11.6 Å². The minimum atomic E-state index is -0.850. The molecule has 3 rings (SSSR count). The van der Waals surface area contributed by atoms with Crippen molar-refractivity contribution in [1.29, 1.82) is 0 Å². The maximum absolute atomic E-state index is 13.3. The first-order valence-corrected chi connectivity index (χ1v) is 9.51. The van der Waals surface area contributed by atoms with Gasteiger partial charge in [-0.1, -0.05) is 6.07 Å². The van der Waals surface area contributed by atoms with E-state index < -0.39 is 11.6 Å². The van der Waals surface area contributed by atoms with Crippen LogP contribution in [0.25, 0.3) is 0 Å². The zero-order valence-corrected chi connectivity index (χ0v) is 16.4. The monoisotopic (exact) mass is 421 g/mol. The van der Waals surface area contributed by atoms with Crippen LogP contribution in [0.5, 0.6) is 5.75 Å². The Balaban J connectivity index is 0.00000101. The van der Waals surface area contributed by atoms with Crippen molar-refractivity contribution >= 4 is 12.3 Å². The van der Waals surface area contributed by atoms with Crippen molar-refractivity contribution in [2.75, 3.05) is 26.2 Å². The van der Waals surface area contributed by atoms with Crippen molar-refractivity contribution in [2.45, 2.75) is 19.3 Å². The van der Waals surface area contributed by atoms with Crippen LogP contribution in [0.1, 0.15) is 27.9 Å². The van der Waals surface area contributed by atoms with Crippen LogP contribution in [0.3, 0.4) is 0 Å². The third kappa shape index (κ3) is 6.50. The predicted molar refractivity (Wildman–Crippen MR) is 106 cm³/mol. The number of ether oxygens (including phenoxy) is 1. The number of halogens is 2. The number of hydroxylamine groups is 1. The van der Waals surface area contributed by atoms with Crippen LogP contribution in [-0.4, -0.2) is 48.7 Å². The smallest absolute Gasteiger partial charge is 0.254 e. The molecule has 0 radical (unpaired) electrons. The Kier molecular flexibility index (Phi) is 9.17. The molecule has 2 aromatic carbocycles. The fraction of sp³-hybridized carbons (Fsp3) is 0.333. The highest BCUT2D eigenvalue weighted by atomic mass is 19.2. The standard InChI is InChI=1S/C20H22F2N2O3.CH3NO/c21-18-6-3-14(12-19(18)22)2-1-9-24-10-7-15-13-16(27-11-8-23-26)4-5-17(15)20(24)25;2-1-3/h3-6,12-13,23,26H,1-2,7-11H2;1H,(H2,2,3). The lowest BCUT2D eigenvalue weighted by Gasteiger charge is -2.29. The third-order valence-corrected chi connectivity index (χ3v) is 4.61. The summed E-state index contributed by atoms with van der Waals surface area (Å²) in [5.74, 6) is -1.05. The van der Waals surface area contributed by atoms with Crippen molar-refractivity contribution in [3.63, 3.8) is 0 Å². The number of hydrogen-bond acceptors (Lipinski definition) is 5. The lowest BCUT2D eigenvalue weighted by molar-refractivity contribution is -0.106. The first kappa shape index (κ1) is 23.2. The molecule has 162 valence electrons. The van der Waals surface area contributed by atoms with Crippen molar-refractivity contribution in [1.82, 2.24) is 10.4 Å². The van der Waals surface area contributed by atoms with E-state index in [1.165, 1.54) is 6.07 Å². The highest BCUT2D eigenvalue weighted by Gasteiger charge is 2.24. The molecule has 0 saturated carbocycles. The number of benzene rings is 2. The number of nitrogens with one attached hydrogen (secondary N) is 1. The van der Waals surface area contributed by atoms with Gasteiger partial charge in [-0.3, -0.25) is 9.59 Å². The topological polar surface area (TPSA) is 105 Å². The summed E-state index contributed by atoms with van der Waals surface area (Å²) < 4.78 is 31.7. The summed E-state index contributed by atoms with van der Waals surface area (Å²) in [5, 5.41) is 8.55. The number of fused-ring (bicyclic) bond motifs is 1. The van der Waals surface area contributed by atoms with Gasteiger partial charge in [0.05, 0.1) is 6.54 Å². The van der Waals surface area contributed by atoms with Crippen LogP contribution in [0.15, 0.2) is 36.4 Å². The summed E-state index contributed by atoms with van der Waals surface area (Å²) in [6.45, 7) is 1.84. The molecule has 7 nitrogen and oxygen atoms in total. The lowest BCUT2D eigenvalue weighted by atomic mass is 9.98. The Morgan fingerprint density at radius 3 is 2.67 bits per heavy atom. The number of nitrogens with two attached hydrogens (primary N) is 1. The summed E-state index contributed by atoms with van der Waals surface area (Å²) in [6, 6.07) is 9.28. The molecule has 0 saturated heterocycles. The van der Waals surface area contributed by atoms with E-state index >= 15 is 0 Å². The number of amides is 2. The van der Waals surface area contributed by atoms with E-state index in [2.05, 4.69) is 5.73 Å². The Morgan fingerprint density at radius 1 is 1.20 bits per heavy atom. The van der Waals surface area contributed by atoms with Gasteiger partial charge < -0.3 is 20.6 Å². The predicted octanol–water partition coefficient (Wildman–Crippen LogP) is 2.05. The molecular weight excluding hydrogens is 396 g/mol. The van der Waals surface area contributed by atoms with Crippen molar-refractivity contribution in [2.24, 2.45) is 5.73 Å². The number of rotatable bonds is 8. The van der Waals surface area contributed by atoms with Gasteiger partial charge in [-0.2, -0.15) is 0 Å². The number of nitrogens with zero attached hydrogens (tertiary/aromatic N) is 1. The molecule has 1 aliphatic heterocycles. The summed E-state index contributed by atoms with van der Waals surface area (Å²) in [5.41, 5.74) is 8.53. The maximum atomic E-state index is 13.3. The van der Waals surface area contributed by atoms with Gasteiger partial charge in [-0.05, 0) is 60.7 Å². The molecule has 0 bridgehead atoms. The van der Waals surface area contributed by atoms with E-state index in [9.17, 15) is 13.6 Å². The molecule has 2 amide bonds. The summed E-state index contributed by atoms with van der Waals surface area (Å²) in [4.78, 5) is 23.0. The van der Waals surface area contributed by atoms with Crippen LogP contribution in [0.2, 0.25) is 0 Å². The molecule has 30 heavy (non-hydrogen) atoms. The summed E-state index contributed by atoms with van der Waals surface area (Å²) in [7, 11) is 0. The van der Waals surface area contributed by atoms with Gasteiger partial charge in [0.15, 0.2) is 11.6 Å². The van der Waals surface area contributed by atoms with Gasteiger partial charge in [0.25, 0.3) is 5.91 Å². The largest absolute Gasteiger partial charge is 0.492 e. The zero-order chi connectivity index (χ0) is 21.9. The van der Waals surface area contributed by atoms with Crippen molar-refractivity contribution in [3.05, 3.63) is 64.7 Å². The van der Waals surface area contributed by atoms with Gasteiger partial charge in [0.2, 0.25) is 6.41 Å². The fourth-order valence-electron chi connectivity index (χ4n) is 3.20. The molecule has 4 N–H and O–H groups in total. The van der Waals surface area contributed by atoms with Gasteiger partial charge in [0, 0.05) is 18.7 Å². The highest BCUT2D eigenvalue weighted by Crippen LogP contribution is 2.24. The number of aryl methyl sites for hydroxylation is 1. The second-order valence-corrected chi connectivity index (χ2v) is 6.61. The number of carbonyl (C=O) groups is 2.